The van der Waals surface area contributed by atoms with E-state index in [2.05, 4.69) is 31.1 Å². The van der Waals surface area contributed by atoms with E-state index in [1.807, 2.05) is 43.3 Å². The van der Waals surface area contributed by atoms with Crippen LogP contribution in [0.15, 0.2) is 45.4 Å². The summed E-state index contributed by atoms with van der Waals surface area (Å²) in [5.41, 5.74) is 2.96. The Morgan fingerprint density at radius 1 is 1.17 bits per heavy atom. The fraction of sp³-hybridized carbons (Fsp3) is 0.167. The van der Waals surface area contributed by atoms with E-state index in [-0.39, 0.29) is 0 Å². The molecule has 3 aromatic rings. The highest BCUT2D eigenvalue weighted by Gasteiger charge is 2.07. The summed E-state index contributed by atoms with van der Waals surface area (Å²) in [5, 5.41) is 8.09. The van der Waals surface area contributed by atoms with E-state index < -0.39 is 0 Å². The Morgan fingerprint density at radius 3 is 2.83 bits per heavy atom. The molecule has 5 nitrogen and oxygen atoms in total. The molecule has 1 aromatic carbocycles. The second-order valence-electron chi connectivity index (χ2n) is 5.25. The van der Waals surface area contributed by atoms with Crippen molar-refractivity contribution in [3.63, 3.8) is 0 Å². The van der Waals surface area contributed by atoms with Gasteiger partial charge in [0.2, 0.25) is 11.8 Å². The van der Waals surface area contributed by atoms with Crippen LogP contribution < -0.4 is 4.74 Å². The number of rotatable bonds is 5. The van der Waals surface area contributed by atoms with Gasteiger partial charge >= 0.3 is 0 Å². The van der Waals surface area contributed by atoms with Crippen LogP contribution in [0.3, 0.4) is 0 Å². The van der Waals surface area contributed by atoms with Gasteiger partial charge in [-0.1, -0.05) is 28.1 Å². The SMILES string of the molecule is COc1cc(C)ccc1/C=C/c1nnc(Cc2cc(Br)ccn2)o1. The predicted molar refractivity (Wildman–Crippen MR) is 95.7 cm³/mol. The van der Waals surface area contributed by atoms with Crippen LogP contribution in [0.4, 0.5) is 0 Å². The zero-order valence-corrected chi connectivity index (χ0v) is 14.9. The van der Waals surface area contributed by atoms with Crippen molar-refractivity contribution in [2.75, 3.05) is 7.11 Å². The van der Waals surface area contributed by atoms with Gasteiger partial charge in [0.15, 0.2) is 0 Å². The largest absolute Gasteiger partial charge is 0.496 e. The van der Waals surface area contributed by atoms with E-state index >= 15 is 0 Å². The van der Waals surface area contributed by atoms with Crippen molar-refractivity contribution in [3.8, 4) is 5.75 Å². The van der Waals surface area contributed by atoms with Crippen LogP contribution in [0.1, 0.15) is 28.6 Å². The third-order valence-corrected chi connectivity index (χ3v) is 3.88. The lowest BCUT2D eigenvalue weighted by molar-refractivity contribution is 0.413. The van der Waals surface area contributed by atoms with Gasteiger partial charge < -0.3 is 9.15 Å². The number of pyridine rings is 1. The van der Waals surface area contributed by atoms with Crippen molar-refractivity contribution in [1.29, 1.82) is 0 Å². The Labute approximate surface area is 148 Å². The van der Waals surface area contributed by atoms with Crippen LogP contribution in [0.2, 0.25) is 0 Å². The molecule has 0 atom stereocenters. The third kappa shape index (κ3) is 4.08. The zero-order chi connectivity index (χ0) is 16.9. The van der Waals surface area contributed by atoms with Crippen LogP contribution in [0.25, 0.3) is 12.2 Å². The molecule has 0 N–H and O–H groups in total. The summed E-state index contributed by atoms with van der Waals surface area (Å²) in [6.07, 6.45) is 5.90. The molecule has 0 aliphatic heterocycles. The molecular weight excluding hydrogens is 370 g/mol. The number of aromatic nitrogens is 3. The number of hydrogen-bond acceptors (Lipinski definition) is 5. The van der Waals surface area contributed by atoms with Crippen LogP contribution in [-0.2, 0) is 6.42 Å². The molecule has 2 aromatic heterocycles. The lowest BCUT2D eigenvalue weighted by atomic mass is 10.1. The Morgan fingerprint density at radius 2 is 2.04 bits per heavy atom. The molecule has 2 heterocycles. The Bertz CT molecular complexity index is 874. The molecule has 122 valence electrons. The number of aryl methyl sites for hydroxylation is 1. The first-order chi connectivity index (χ1) is 11.6. The monoisotopic (exact) mass is 385 g/mol. The first-order valence-corrected chi connectivity index (χ1v) is 8.19. The van der Waals surface area contributed by atoms with Crippen molar-refractivity contribution in [2.24, 2.45) is 0 Å². The van der Waals surface area contributed by atoms with Crippen LogP contribution >= 0.6 is 15.9 Å². The van der Waals surface area contributed by atoms with E-state index in [9.17, 15) is 0 Å². The molecule has 0 amide bonds. The fourth-order valence-electron chi connectivity index (χ4n) is 2.22. The van der Waals surface area contributed by atoms with Gasteiger partial charge in [0, 0.05) is 22.3 Å². The molecule has 0 radical (unpaired) electrons. The normalized spacial score (nSPS) is 11.1. The molecular formula is C18H16BrN3O2. The van der Waals surface area contributed by atoms with Gasteiger partial charge in [-0.3, -0.25) is 4.98 Å². The van der Waals surface area contributed by atoms with Crippen molar-refractivity contribution < 1.29 is 9.15 Å². The van der Waals surface area contributed by atoms with Crippen LogP contribution in [0, 0.1) is 6.92 Å². The fourth-order valence-corrected chi connectivity index (χ4v) is 2.61. The highest BCUT2D eigenvalue weighted by atomic mass is 79.9. The van der Waals surface area contributed by atoms with Crippen molar-refractivity contribution in [2.45, 2.75) is 13.3 Å². The van der Waals surface area contributed by atoms with Gasteiger partial charge in [0.1, 0.15) is 5.75 Å². The number of halogens is 1. The average molecular weight is 386 g/mol. The molecule has 24 heavy (non-hydrogen) atoms. The van der Waals surface area contributed by atoms with Crippen molar-refractivity contribution in [1.82, 2.24) is 15.2 Å². The molecule has 0 bridgehead atoms. The predicted octanol–water partition coefficient (Wildman–Crippen LogP) is 4.31. The molecule has 0 saturated heterocycles. The second kappa shape index (κ2) is 7.40. The van der Waals surface area contributed by atoms with Crippen LogP contribution in [0.5, 0.6) is 5.75 Å². The first kappa shape index (κ1) is 16.4. The number of hydrogen-bond donors (Lipinski definition) is 0. The van der Waals surface area contributed by atoms with Gasteiger partial charge in [-0.05, 0) is 36.8 Å². The van der Waals surface area contributed by atoms with Gasteiger partial charge in [-0.25, -0.2) is 0 Å². The summed E-state index contributed by atoms with van der Waals surface area (Å²) in [4.78, 5) is 4.28. The summed E-state index contributed by atoms with van der Waals surface area (Å²) >= 11 is 3.42. The van der Waals surface area contributed by atoms with Crippen LogP contribution in [-0.4, -0.2) is 22.3 Å². The lowest BCUT2D eigenvalue weighted by Crippen LogP contribution is -1.91. The number of nitrogens with zero attached hydrogens (tertiary/aromatic N) is 3. The van der Waals surface area contributed by atoms with E-state index in [1.54, 1.807) is 19.4 Å². The van der Waals surface area contributed by atoms with Gasteiger partial charge in [-0.2, -0.15) is 0 Å². The lowest BCUT2D eigenvalue weighted by Gasteiger charge is -2.05. The van der Waals surface area contributed by atoms with Crippen molar-refractivity contribution in [3.05, 3.63) is 69.6 Å². The van der Waals surface area contributed by atoms with Gasteiger partial charge in [0.25, 0.3) is 0 Å². The molecule has 0 fully saturated rings. The maximum Gasteiger partial charge on any atom is 0.240 e. The minimum atomic E-state index is 0.447. The summed E-state index contributed by atoms with van der Waals surface area (Å²) in [6, 6.07) is 9.81. The van der Waals surface area contributed by atoms with E-state index in [0.717, 1.165) is 27.0 Å². The average Bonchev–Trinajstić information content (AvgIpc) is 3.01. The Hall–Kier alpha value is -2.47. The topological polar surface area (TPSA) is 61.0 Å². The van der Waals surface area contributed by atoms with E-state index in [0.29, 0.717) is 18.2 Å². The van der Waals surface area contributed by atoms with E-state index in [4.69, 9.17) is 9.15 Å². The quantitative estimate of drug-likeness (QED) is 0.654. The number of benzene rings is 1. The minimum Gasteiger partial charge on any atom is -0.496 e. The van der Waals surface area contributed by atoms with E-state index in [1.165, 1.54) is 0 Å². The molecule has 0 unspecified atom stereocenters. The van der Waals surface area contributed by atoms with Gasteiger partial charge in [-0.15, -0.1) is 10.2 Å². The first-order valence-electron chi connectivity index (χ1n) is 7.39. The highest BCUT2D eigenvalue weighted by Crippen LogP contribution is 2.22. The summed E-state index contributed by atoms with van der Waals surface area (Å²) in [6.45, 7) is 2.02. The standard InChI is InChI=1S/C18H16BrN3O2/c1-12-3-4-13(16(9-12)23-2)5-6-17-21-22-18(24-17)11-15-10-14(19)7-8-20-15/h3-10H,11H2,1-2H3/b6-5+. The Kier molecular flexibility index (Phi) is 5.05. The summed E-state index contributed by atoms with van der Waals surface area (Å²) < 4.78 is 12.0. The second-order valence-corrected chi connectivity index (χ2v) is 6.17. The maximum absolute atomic E-state index is 5.64. The third-order valence-electron chi connectivity index (χ3n) is 3.39. The number of ether oxygens (including phenoxy) is 1. The smallest absolute Gasteiger partial charge is 0.240 e. The molecule has 6 heteroatoms. The Balaban J connectivity index is 1.74. The molecule has 0 aliphatic rings. The molecule has 0 aliphatic carbocycles. The summed E-state index contributed by atoms with van der Waals surface area (Å²) in [7, 11) is 1.65. The minimum absolute atomic E-state index is 0.447. The number of methoxy groups -OCH3 is 1. The molecule has 0 spiro atoms. The summed E-state index contributed by atoms with van der Waals surface area (Å²) in [5.74, 6) is 1.78. The molecule has 0 saturated carbocycles. The zero-order valence-electron chi connectivity index (χ0n) is 13.4. The molecule has 3 rings (SSSR count). The highest BCUT2D eigenvalue weighted by molar-refractivity contribution is 9.10. The van der Waals surface area contributed by atoms with Crippen molar-refractivity contribution >= 4 is 28.1 Å². The van der Waals surface area contributed by atoms with Gasteiger partial charge in [0.05, 0.1) is 19.2 Å². The maximum atomic E-state index is 5.64.